The van der Waals surface area contributed by atoms with Gasteiger partial charge in [-0.3, -0.25) is 9.97 Å². The second kappa shape index (κ2) is 5.03. The molecule has 1 heterocycles. The number of fused-ring (bicyclic) bond motifs is 1. The second-order valence-corrected chi connectivity index (χ2v) is 3.90. The normalized spacial score (nSPS) is 12.9. The van der Waals surface area contributed by atoms with Crippen molar-refractivity contribution in [3.05, 3.63) is 36.2 Å². The van der Waals surface area contributed by atoms with Crippen LogP contribution in [0.4, 0.5) is 0 Å². The van der Waals surface area contributed by atoms with Crippen molar-refractivity contribution < 1.29 is 0 Å². The summed E-state index contributed by atoms with van der Waals surface area (Å²) in [6.45, 7) is 2.20. The molecule has 1 atom stereocenters. The van der Waals surface area contributed by atoms with Crippen LogP contribution in [-0.2, 0) is 0 Å². The number of nitrogens with zero attached hydrogens (tertiary/aromatic N) is 2. The van der Waals surface area contributed by atoms with Crippen LogP contribution < -0.4 is 5.32 Å². The molecule has 0 amide bonds. The van der Waals surface area contributed by atoms with Gasteiger partial charge in [-0.25, -0.2) is 0 Å². The van der Waals surface area contributed by atoms with Crippen LogP contribution in [0.1, 0.15) is 31.4 Å². The van der Waals surface area contributed by atoms with Gasteiger partial charge in [0.25, 0.3) is 0 Å². The van der Waals surface area contributed by atoms with Crippen LogP contribution in [0.3, 0.4) is 0 Å². The largest absolute Gasteiger partial charge is 0.313 e. The van der Waals surface area contributed by atoms with Crippen molar-refractivity contribution in [1.29, 1.82) is 0 Å². The standard InChI is InChI=1S/C13H17N3/c1-3-5-11(14-2)10-6-4-7-12-13(10)16-9-8-15-12/h4,6-9,11,14H,3,5H2,1-2H3. The first-order valence-electron chi connectivity index (χ1n) is 5.73. The van der Waals surface area contributed by atoms with Gasteiger partial charge in [0.15, 0.2) is 0 Å². The average Bonchev–Trinajstić information content (AvgIpc) is 2.35. The minimum atomic E-state index is 0.366. The first kappa shape index (κ1) is 11.0. The van der Waals surface area contributed by atoms with Crippen molar-refractivity contribution in [2.24, 2.45) is 0 Å². The maximum atomic E-state index is 4.43. The van der Waals surface area contributed by atoms with Crippen molar-refractivity contribution in [1.82, 2.24) is 15.3 Å². The molecule has 0 bridgehead atoms. The molecule has 0 saturated carbocycles. The van der Waals surface area contributed by atoms with E-state index in [4.69, 9.17) is 0 Å². The molecule has 0 fully saturated rings. The van der Waals surface area contributed by atoms with Gasteiger partial charge in [-0.15, -0.1) is 0 Å². The summed E-state index contributed by atoms with van der Waals surface area (Å²) >= 11 is 0. The van der Waals surface area contributed by atoms with Crippen molar-refractivity contribution in [3.8, 4) is 0 Å². The first-order valence-corrected chi connectivity index (χ1v) is 5.73. The van der Waals surface area contributed by atoms with Crippen LogP contribution in [0.2, 0.25) is 0 Å². The molecule has 1 aromatic carbocycles. The summed E-state index contributed by atoms with van der Waals surface area (Å²) in [6, 6.07) is 6.55. The number of rotatable bonds is 4. The van der Waals surface area contributed by atoms with Gasteiger partial charge in [0.2, 0.25) is 0 Å². The van der Waals surface area contributed by atoms with E-state index >= 15 is 0 Å². The molecule has 0 aliphatic rings. The summed E-state index contributed by atoms with van der Waals surface area (Å²) in [5, 5.41) is 3.34. The molecule has 1 N–H and O–H groups in total. The molecule has 0 spiro atoms. The highest BCUT2D eigenvalue weighted by Gasteiger charge is 2.12. The van der Waals surface area contributed by atoms with Crippen LogP contribution >= 0.6 is 0 Å². The Morgan fingerprint density at radius 1 is 1.25 bits per heavy atom. The number of nitrogens with one attached hydrogen (secondary N) is 1. The molecule has 1 unspecified atom stereocenters. The van der Waals surface area contributed by atoms with Crippen LogP contribution in [0.5, 0.6) is 0 Å². The Labute approximate surface area is 95.9 Å². The monoisotopic (exact) mass is 215 g/mol. The Morgan fingerprint density at radius 2 is 2.06 bits per heavy atom. The van der Waals surface area contributed by atoms with Crippen molar-refractivity contribution >= 4 is 11.0 Å². The number of para-hydroxylation sites is 1. The van der Waals surface area contributed by atoms with E-state index in [1.165, 1.54) is 5.56 Å². The van der Waals surface area contributed by atoms with Gasteiger partial charge in [0, 0.05) is 18.4 Å². The van der Waals surface area contributed by atoms with Crippen molar-refractivity contribution in [3.63, 3.8) is 0 Å². The molecular formula is C13H17N3. The predicted molar refractivity (Wildman–Crippen MR) is 66.2 cm³/mol. The average molecular weight is 215 g/mol. The van der Waals surface area contributed by atoms with Gasteiger partial charge in [0.1, 0.15) is 0 Å². The zero-order valence-electron chi connectivity index (χ0n) is 9.77. The summed E-state index contributed by atoms with van der Waals surface area (Å²) in [5.41, 5.74) is 3.23. The van der Waals surface area contributed by atoms with Crippen molar-refractivity contribution in [2.75, 3.05) is 7.05 Å². The Bertz CT molecular complexity index is 462. The summed E-state index contributed by atoms with van der Waals surface area (Å²) < 4.78 is 0. The Hall–Kier alpha value is -1.48. The summed E-state index contributed by atoms with van der Waals surface area (Å²) in [6.07, 6.45) is 5.76. The van der Waals surface area contributed by atoms with E-state index in [1.807, 2.05) is 19.2 Å². The molecule has 16 heavy (non-hydrogen) atoms. The third-order valence-corrected chi connectivity index (χ3v) is 2.83. The van der Waals surface area contributed by atoms with Gasteiger partial charge in [-0.05, 0) is 25.1 Å². The van der Waals surface area contributed by atoms with E-state index in [9.17, 15) is 0 Å². The molecule has 2 aromatic rings. The van der Waals surface area contributed by atoms with E-state index in [1.54, 1.807) is 12.4 Å². The highest BCUT2D eigenvalue weighted by Crippen LogP contribution is 2.24. The van der Waals surface area contributed by atoms with Crippen LogP contribution in [0.25, 0.3) is 11.0 Å². The molecule has 3 nitrogen and oxygen atoms in total. The minimum absolute atomic E-state index is 0.366. The van der Waals surface area contributed by atoms with E-state index in [0.717, 1.165) is 23.9 Å². The van der Waals surface area contributed by atoms with Gasteiger partial charge in [0.05, 0.1) is 11.0 Å². The van der Waals surface area contributed by atoms with Gasteiger partial charge in [-0.1, -0.05) is 25.5 Å². The van der Waals surface area contributed by atoms with E-state index in [-0.39, 0.29) is 0 Å². The van der Waals surface area contributed by atoms with Crippen LogP contribution in [0.15, 0.2) is 30.6 Å². The lowest BCUT2D eigenvalue weighted by Crippen LogP contribution is -2.16. The SMILES string of the molecule is CCCC(NC)c1cccc2nccnc12. The van der Waals surface area contributed by atoms with Gasteiger partial charge < -0.3 is 5.32 Å². The third kappa shape index (κ3) is 2.04. The number of hydrogen-bond donors (Lipinski definition) is 1. The van der Waals surface area contributed by atoms with Gasteiger partial charge in [-0.2, -0.15) is 0 Å². The lowest BCUT2D eigenvalue weighted by atomic mass is 10.0. The number of benzene rings is 1. The van der Waals surface area contributed by atoms with E-state index < -0.39 is 0 Å². The quantitative estimate of drug-likeness (QED) is 0.852. The van der Waals surface area contributed by atoms with E-state index in [2.05, 4.69) is 28.3 Å². The molecule has 0 aliphatic carbocycles. The number of aromatic nitrogens is 2. The van der Waals surface area contributed by atoms with Crippen LogP contribution in [-0.4, -0.2) is 17.0 Å². The molecular weight excluding hydrogens is 198 g/mol. The zero-order chi connectivity index (χ0) is 11.4. The highest BCUT2D eigenvalue weighted by molar-refractivity contribution is 5.78. The summed E-state index contributed by atoms with van der Waals surface area (Å²) in [5.74, 6) is 0. The summed E-state index contributed by atoms with van der Waals surface area (Å²) in [7, 11) is 2.00. The fourth-order valence-electron chi connectivity index (χ4n) is 2.04. The fraction of sp³-hybridized carbons (Fsp3) is 0.385. The van der Waals surface area contributed by atoms with Crippen molar-refractivity contribution in [2.45, 2.75) is 25.8 Å². The maximum Gasteiger partial charge on any atom is 0.0934 e. The molecule has 0 radical (unpaired) electrons. The molecule has 0 saturated heterocycles. The first-order chi connectivity index (χ1) is 7.86. The molecule has 1 aromatic heterocycles. The van der Waals surface area contributed by atoms with Gasteiger partial charge >= 0.3 is 0 Å². The Kier molecular flexibility index (Phi) is 3.47. The summed E-state index contributed by atoms with van der Waals surface area (Å²) in [4.78, 5) is 8.76. The Morgan fingerprint density at radius 3 is 2.81 bits per heavy atom. The van der Waals surface area contributed by atoms with Crippen LogP contribution in [0, 0.1) is 0 Å². The molecule has 0 aliphatic heterocycles. The molecule has 3 heteroatoms. The lowest BCUT2D eigenvalue weighted by molar-refractivity contribution is 0.544. The topological polar surface area (TPSA) is 37.8 Å². The predicted octanol–water partition coefficient (Wildman–Crippen LogP) is 2.69. The highest BCUT2D eigenvalue weighted by atomic mass is 14.9. The molecule has 2 rings (SSSR count). The smallest absolute Gasteiger partial charge is 0.0934 e. The second-order valence-electron chi connectivity index (χ2n) is 3.90. The van der Waals surface area contributed by atoms with E-state index in [0.29, 0.717) is 6.04 Å². The minimum Gasteiger partial charge on any atom is -0.313 e. The lowest BCUT2D eigenvalue weighted by Gasteiger charge is -2.16. The Balaban J connectivity index is 2.50. The fourth-order valence-corrected chi connectivity index (χ4v) is 2.04. The zero-order valence-corrected chi connectivity index (χ0v) is 9.77. The molecule has 84 valence electrons. The number of hydrogen-bond acceptors (Lipinski definition) is 3. The maximum absolute atomic E-state index is 4.43. The third-order valence-electron chi connectivity index (χ3n) is 2.83.